The summed E-state index contributed by atoms with van der Waals surface area (Å²) in [5.74, 6) is -0.474. The van der Waals surface area contributed by atoms with Gasteiger partial charge in [0.05, 0.1) is 13.7 Å². The van der Waals surface area contributed by atoms with Crippen LogP contribution in [-0.2, 0) is 11.3 Å². The van der Waals surface area contributed by atoms with E-state index in [2.05, 4.69) is 15.0 Å². The minimum absolute atomic E-state index is 0.0136. The van der Waals surface area contributed by atoms with E-state index in [0.29, 0.717) is 11.6 Å². The molecule has 0 fully saturated rings. The van der Waals surface area contributed by atoms with Gasteiger partial charge < -0.3 is 15.0 Å². The van der Waals surface area contributed by atoms with Crippen LogP contribution in [0, 0.1) is 6.92 Å². The zero-order valence-electron chi connectivity index (χ0n) is 14.2. The molecule has 2 aromatic rings. The van der Waals surface area contributed by atoms with Gasteiger partial charge in [0.1, 0.15) is 5.01 Å². The Hall–Kier alpha value is -2.41. The number of hydrogen-bond donors (Lipinski definition) is 1. The van der Waals surface area contributed by atoms with Crippen molar-refractivity contribution in [2.75, 3.05) is 12.4 Å². The molecule has 24 heavy (non-hydrogen) atoms. The van der Waals surface area contributed by atoms with Crippen molar-refractivity contribution in [2.24, 2.45) is 0 Å². The summed E-state index contributed by atoms with van der Waals surface area (Å²) in [6, 6.07) is 7.41. The van der Waals surface area contributed by atoms with Crippen LogP contribution >= 0.6 is 11.3 Å². The van der Waals surface area contributed by atoms with Crippen LogP contribution in [0.2, 0.25) is 0 Å². The number of carbonyl (C=O) groups excluding carboxylic acids is 2. The van der Waals surface area contributed by atoms with E-state index >= 15 is 0 Å². The lowest BCUT2D eigenvalue weighted by molar-refractivity contribution is 0.0594. The van der Waals surface area contributed by atoms with Crippen molar-refractivity contribution in [2.45, 2.75) is 33.4 Å². The normalized spacial score (nSPS) is 10.5. The fraction of sp³-hybridized carbons (Fsp3) is 0.353. The first-order valence-electron chi connectivity index (χ1n) is 7.57. The molecule has 1 N–H and O–H groups in total. The summed E-state index contributed by atoms with van der Waals surface area (Å²) < 4.78 is 4.65. The van der Waals surface area contributed by atoms with Crippen LogP contribution in [-0.4, -0.2) is 35.0 Å². The van der Waals surface area contributed by atoms with Crippen molar-refractivity contribution in [3.8, 4) is 0 Å². The molecular weight excluding hydrogens is 326 g/mol. The van der Waals surface area contributed by atoms with Gasteiger partial charge in [0.25, 0.3) is 0 Å². The van der Waals surface area contributed by atoms with Crippen molar-refractivity contribution in [1.29, 1.82) is 0 Å². The number of aryl methyl sites for hydroxylation is 1. The third-order valence-corrected chi connectivity index (χ3v) is 4.24. The van der Waals surface area contributed by atoms with Crippen LogP contribution in [0.4, 0.5) is 10.5 Å². The van der Waals surface area contributed by atoms with Crippen LogP contribution in [0.5, 0.6) is 0 Å². The van der Waals surface area contributed by atoms with E-state index in [1.807, 2.05) is 45.0 Å². The molecule has 0 atom stereocenters. The quantitative estimate of drug-likeness (QED) is 0.838. The largest absolute Gasteiger partial charge is 0.464 e. The van der Waals surface area contributed by atoms with Crippen molar-refractivity contribution >= 4 is 29.0 Å². The standard InChI is InChI=1S/C17H21N3O3S/c1-11(2)20(9-15-19-14(10-24-15)16(21)23-4)17(22)18-13-7-5-6-12(3)8-13/h5-8,10-11H,9H2,1-4H3,(H,18,22). The van der Waals surface area contributed by atoms with Crippen LogP contribution in [0.25, 0.3) is 0 Å². The van der Waals surface area contributed by atoms with Crippen LogP contribution in [0.1, 0.15) is 34.9 Å². The monoisotopic (exact) mass is 347 g/mol. The van der Waals surface area contributed by atoms with E-state index in [1.165, 1.54) is 18.4 Å². The highest BCUT2D eigenvalue weighted by Gasteiger charge is 2.20. The number of amides is 2. The summed E-state index contributed by atoms with van der Waals surface area (Å²) in [5.41, 5.74) is 2.09. The molecule has 2 rings (SSSR count). The van der Waals surface area contributed by atoms with E-state index in [0.717, 1.165) is 11.3 Å². The average Bonchev–Trinajstić information content (AvgIpc) is 3.00. The Morgan fingerprint density at radius 1 is 1.38 bits per heavy atom. The number of ether oxygens (including phenoxy) is 1. The fourth-order valence-corrected chi connectivity index (χ4v) is 2.90. The van der Waals surface area contributed by atoms with Crippen molar-refractivity contribution in [1.82, 2.24) is 9.88 Å². The molecule has 0 unspecified atom stereocenters. The smallest absolute Gasteiger partial charge is 0.357 e. The molecule has 2 amide bonds. The molecule has 0 radical (unpaired) electrons. The Bertz CT molecular complexity index is 727. The second kappa shape index (κ2) is 7.92. The molecule has 0 aliphatic carbocycles. The maximum Gasteiger partial charge on any atom is 0.357 e. The lowest BCUT2D eigenvalue weighted by atomic mass is 10.2. The SMILES string of the molecule is COC(=O)c1csc(CN(C(=O)Nc2cccc(C)c2)C(C)C)n1. The molecule has 0 aliphatic heterocycles. The van der Waals surface area contributed by atoms with Gasteiger partial charge in [-0.3, -0.25) is 0 Å². The maximum atomic E-state index is 12.6. The van der Waals surface area contributed by atoms with Gasteiger partial charge in [-0.05, 0) is 38.5 Å². The highest BCUT2D eigenvalue weighted by atomic mass is 32.1. The number of hydrogen-bond acceptors (Lipinski definition) is 5. The molecule has 0 bridgehead atoms. The maximum absolute atomic E-state index is 12.6. The number of benzene rings is 1. The Labute approximate surface area is 145 Å². The lowest BCUT2D eigenvalue weighted by Gasteiger charge is -2.26. The highest BCUT2D eigenvalue weighted by Crippen LogP contribution is 2.17. The van der Waals surface area contributed by atoms with Gasteiger partial charge in [-0.1, -0.05) is 12.1 Å². The fourth-order valence-electron chi connectivity index (χ4n) is 2.13. The number of carbonyl (C=O) groups is 2. The van der Waals surface area contributed by atoms with Crippen molar-refractivity contribution < 1.29 is 14.3 Å². The van der Waals surface area contributed by atoms with Crippen molar-refractivity contribution in [3.63, 3.8) is 0 Å². The number of rotatable bonds is 5. The van der Waals surface area contributed by atoms with Gasteiger partial charge in [0, 0.05) is 17.1 Å². The Morgan fingerprint density at radius 3 is 2.75 bits per heavy atom. The van der Waals surface area contributed by atoms with Gasteiger partial charge in [0.15, 0.2) is 5.69 Å². The molecule has 7 heteroatoms. The number of aromatic nitrogens is 1. The lowest BCUT2D eigenvalue weighted by Crippen LogP contribution is -2.39. The van der Waals surface area contributed by atoms with Gasteiger partial charge in [0.2, 0.25) is 0 Å². The molecule has 0 saturated heterocycles. The second-order valence-corrected chi connectivity index (χ2v) is 6.58. The minimum atomic E-state index is -0.474. The summed E-state index contributed by atoms with van der Waals surface area (Å²) in [5, 5.41) is 5.22. The average molecular weight is 347 g/mol. The summed E-state index contributed by atoms with van der Waals surface area (Å²) in [6.45, 7) is 6.17. The van der Waals surface area contributed by atoms with Crippen molar-refractivity contribution in [3.05, 3.63) is 45.9 Å². The molecular formula is C17H21N3O3S. The first-order chi connectivity index (χ1) is 11.4. The van der Waals surface area contributed by atoms with Gasteiger partial charge in [-0.25, -0.2) is 14.6 Å². The zero-order valence-corrected chi connectivity index (χ0v) is 15.0. The number of methoxy groups -OCH3 is 1. The van der Waals surface area contributed by atoms with E-state index in [-0.39, 0.29) is 17.8 Å². The summed E-state index contributed by atoms with van der Waals surface area (Å²) >= 11 is 1.33. The molecule has 1 aromatic heterocycles. The molecule has 1 heterocycles. The number of urea groups is 1. The Kier molecular flexibility index (Phi) is 5.92. The first-order valence-corrected chi connectivity index (χ1v) is 8.45. The second-order valence-electron chi connectivity index (χ2n) is 5.64. The number of anilines is 1. The molecule has 1 aromatic carbocycles. The van der Waals surface area contributed by atoms with Gasteiger partial charge in [-0.2, -0.15) is 0 Å². The van der Waals surface area contributed by atoms with Crippen LogP contribution in [0.15, 0.2) is 29.6 Å². The summed E-state index contributed by atoms with van der Waals surface area (Å²) in [7, 11) is 1.32. The highest BCUT2D eigenvalue weighted by molar-refractivity contribution is 7.09. The third kappa shape index (κ3) is 4.55. The zero-order chi connectivity index (χ0) is 17.7. The Balaban J connectivity index is 2.09. The number of nitrogens with zero attached hydrogens (tertiary/aromatic N) is 2. The molecule has 0 saturated carbocycles. The molecule has 0 aliphatic rings. The predicted molar refractivity (Wildman–Crippen MR) is 94.3 cm³/mol. The van der Waals surface area contributed by atoms with E-state index in [4.69, 9.17) is 0 Å². The molecule has 0 spiro atoms. The van der Waals surface area contributed by atoms with Crippen LogP contribution < -0.4 is 5.32 Å². The Morgan fingerprint density at radius 2 is 2.12 bits per heavy atom. The number of nitrogens with one attached hydrogen (secondary N) is 1. The number of esters is 1. The summed E-state index contributed by atoms with van der Waals surface area (Å²) in [6.07, 6.45) is 0. The van der Waals surface area contributed by atoms with Gasteiger partial charge in [-0.15, -0.1) is 11.3 Å². The van der Waals surface area contributed by atoms with Crippen LogP contribution in [0.3, 0.4) is 0 Å². The first kappa shape index (κ1) is 17.9. The third-order valence-electron chi connectivity index (χ3n) is 3.41. The van der Waals surface area contributed by atoms with E-state index < -0.39 is 5.97 Å². The molecule has 6 nitrogen and oxygen atoms in total. The summed E-state index contributed by atoms with van der Waals surface area (Å²) in [4.78, 5) is 29.9. The predicted octanol–water partition coefficient (Wildman–Crippen LogP) is 3.68. The van der Waals surface area contributed by atoms with E-state index in [9.17, 15) is 9.59 Å². The molecule has 128 valence electrons. The number of thiazole rings is 1. The topological polar surface area (TPSA) is 71.5 Å². The minimum Gasteiger partial charge on any atom is -0.464 e. The van der Waals surface area contributed by atoms with Gasteiger partial charge >= 0.3 is 12.0 Å². The van der Waals surface area contributed by atoms with E-state index in [1.54, 1.807) is 10.3 Å².